The number of carbonyl (C=O) groups is 2. The molecule has 6 aliphatic rings. The molecule has 4 heteroatoms. The van der Waals surface area contributed by atoms with Crippen LogP contribution < -0.4 is 4.90 Å². The number of amides is 2. The van der Waals surface area contributed by atoms with E-state index in [9.17, 15) is 9.59 Å². The molecule has 1 saturated heterocycles. The van der Waals surface area contributed by atoms with Crippen LogP contribution in [0.25, 0.3) is 0 Å². The van der Waals surface area contributed by atoms with Crippen molar-refractivity contribution in [1.29, 1.82) is 0 Å². The van der Waals surface area contributed by atoms with Crippen LogP contribution in [0.15, 0.2) is 96.0 Å². The number of hydrogen-bond acceptors (Lipinski definition) is 3. The van der Waals surface area contributed by atoms with Crippen molar-refractivity contribution < 1.29 is 9.59 Å². The summed E-state index contributed by atoms with van der Waals surface area (Å²) in [6.45, 7) is 6.04. The van der Waals surface area contributed by atoms with Crippen LogP contribution in [0, 0.1) is 32.6 Å². The Kier molecular flexibility index (Phi) is 4.87. The average molecular weight is 497 g/mol. The summed E-state index contributed by atoms with van der Waals surface area (Å²) in [4.78, 5) is 35.4. The lowest BCUT2D eigenvalue weighted by atomic mass is 9.52. The van der Waals surface area contributed by atoms with E-state index in [0.29, 0.717) is 5.69 Å². The summed E-state index contributed by atoms with van der Waals surface area (Å²) < 4.78 is 0. The first-order valence-electron chi connectivity index (χ1n) is 13.2. The maximum atomic E-state index is 14.6. The molecule has 1 heterocycles. The molecule has 0 N–H and O–H groups in total. The summed E-state index contributed by atoms with van der Waals surface area (Å²) >= 11 is 0. The highest BCUT2D eigenvalue weighted by Crippen LogP contribution is 2.60. The quantitative estimate of drug-likeness (QED) is 0.238. The number of carbonyl (C=O) groups excluding carboxylic acids is 2. The van der Waals surface area contributed by atoms with E-state index in [-0.39, 0.29) is 17.7 Å². The Bertz CT molecular complexity index is 1650. The average Bonchev–Trinajstić information content (AvgIpc) is 3.16. The Balaban J connectivity index is 1.51. The normalized spacial score (nSPS) is 25.0. The lowest BCUT2D eigenvalue weighted by Gasteiger charge is -2.48. The molecule has 1 aliphatic heterocycles. The monoisotopic (exact) mass is 496 g/mol. The molecule has 0 aromatic heterocycles. The maximum absolute atomic E-state index is 14.6. The van der Waals surface area contributed by atoms with Crippen molar-refractivity contribution in [3.05, 3.63) is 130 Å². The first-order valence-corrected chi connectivity index (χ1v) is 13.2. The highest BCUT2D eigenvalue weighted by atomic mass is 16.2. The molecule has 4 aromatic carbocycles. The highest BCUT2D eigenvalue weighted by Gasteiger charge is 2.65. The van der Waals surface area contributed by atoms with Gasteiger partial charge in [0.05, 0.1) is 28.6 Å². The Morgan fingerprint density at radius 1 is 0.789 bits per heavy atom. The molecule has 1 fully saturated rings. The third kappa shape index (κ3) is 3.00. The van der Waals surface area contributed by atoms with E-state index < -0.39 is 17.3 Å². The molecule has 38 heavy (non-hydrogen) atoms. The van der Waals surface area contributed by atoms with Gasteiger partial charge in [-0.25, -0.2) is 4.90 Å². The second-order valence-electron chi connectivity index (χ2n) is 11.0. The molecule has 2 amide bonds. The largest absolute Gasteiger partial charge is 0.274 e. The summed E-state index contributed by atoms with van der Waals surface area (Å²) in [7, 11) is 0. The summed E-state index contributed by atoms with van der Waals surface area (Å²) in [6, 6.07) is 30.8. The van der Waals surface area contributed by atoms with Crippen LogP contribution >= 0.6 is 0 Å². The molecule has 0 radical (unpaired) electrons. The lowest BCUT2D eigenvalue weighted by Crippen LogP contribution is -2.51. The fourth-order valence-corrected chi connectivity index (χ4v) is 7.03. The first kappa shape index (κ1) is 22.9. The van der Waals surface area contributed by atoms with Gasteiger partial charge in [0.15, 0.2) is 0 Å². The Labute approximate surface area is 222 Å². The number of benzene rings is 4. The van der Waals surface area contributed by atoms with Gasteiger partial charge in [-0.15, -0.1) is 0 Å². The number of nitrogens with zero attached hydrogens (tertiary/aromatic N) is 2. The first-order chi connectivity index (χ1) is 18.4. The van der Waals surface area contributed by atoms with Crippen molar-refractivity contribution in [3.63, 3.8) is 0 Å². The van der Waals surface area contributed by atoms with Crippen molar-refractivity contribution in [2.45, 2.75) is 32.1 Å². The van der Waals surface area contributed by atoms with Gasteiger partial charge in [-0.3, -0.25) is 14.6 Å². The maximum Gasteiger partial charge on any atom is 0.239 e. The standard InChI is InChI=1S/C34H28N2O2/c1-20-8-15-25(16-9-20)35-19-34-24-13-11-23(12-14-24)29(26-6-4-5-7-27(26)34)30-31(34)33(38)36(32(30)37)28-17-10-21(2)18-22(28)3/h4-19,29-31H,1-3H3/t29-,30+,31+,34+/m0/s1. The highest BCUT2D eigenvalue weighted by molar-refractivity contribution is 6.25. The smallest absolute Gasteiger partial charge is 0.239 e. The zero-order valence-electron chi connectivity index (χ0n) is 21.7. The van der Waals surface area contributed by atoms with Crippen molar-refractivity contribution in [1.82, 2.24) is 0 Å². The Morgan fingerprint density at radius 3 is 2.24 bits per heavy atom. The third-order valence-electron chi connectivity index (χ3n) is 8.73. The second-order valence-corrected chi connectivity index (χ2v) is 11.0. The van der Waals surface area contributed by atoms with Crippen LogP contribution in [-0.4, -0.2) is 18.0 Å². The van der Waals surface area contributed by atoms with Crippen molar-refractivity contribution >= 4 is 29.4 Å². The van der Waals surface area contributed by atoms with Crippen LogP contribution in [0.1, 0.15) is 44.9 Å². The minimum atomic E-state index is -0.873. The van der Waals surface area contributed by atoms with Crippen LogP contribution in [0.4, 0.5) is 11.4 Å². The summed E-state index contributed by atoms with van der Waals surface area (Å²) in [5, 5.41) is 0. The van der Waals surface area contributed by atoms with Crippen molar-refractivity contribution in [2.24, 2.45) is 16.8 Å². The zero-order valence-corrected chi connectivity index (χ0v) is 21.7. The van der Waals surface area contributed by atoms with E-state index in [1.54, 1.807) is 0 Å². The number of aliphatic imine (C=N–C) groups is 1. The van der Waals surface area contributed by atoms with E-state index >= 15 is 0 Å². The number of aryl methyl sites for hydroxylation is 3. The van der Waals surface area contributed by atoms with Gasteiger partial charge in [0.1, 0.15) is 0 Å². The van der Waals surface area contributed by atoms with Gasteiger partial charge in [0.2, 0.25) is 11.8 Å². The van der Waals surface area contributed by atoms with E-state index in [1.165, 1.54) is 4.90 Å². The Morgan fingerprint density at radius 2 is 1.50 bits per heavy atom. The van der Waals surface area contributed by atoms with Gasteiger partial charge < -0.3 is 0 Å². The fourth-order valence-electron chi connectivity index (χ4n) is 7.03. The second kappa shape index (κ2) is 8.09. The van der Waals surface area contributed by atoms with E-state index in [1.807, 2.05) is 74.7 Å². The number of imide groups is 1. The summed E-state index contributed by atoms with van der Waals surface area (Å²) in [6.07, 6.45) is 1.95. The number of anilines is 1. The predicted octanol–water partition coefficient (Wildman–Crippen LogP) is 6.57. The van der Waals surface area contributed by atoms with Gasteiger partial charge >= 0.3 is 0 Å². The van der Waals surface area contributed by atoms with Gasteiger partial charge in [0.25, 0.3) is 0 Å². The lowest BCUT2D eigenvalue weighted by molar-refractivity contribution is -0.122. The van der Waals surface area contributed by atoms with Crippen molar-refractivity contribution in [3.8, 4) is 0 Å². The third-order valence-corrected chi connectivity index (χ3v) is 8.73. The van der Waals surface area contributed by atoms with Gasteiger partial charge in [-0.2, -0.15) is 0 Å². The van der Waals surface area contributed by atoms with Crippen LogP contribution in [0.5, 0.6) is 0 Å². The summed E-state index contributed by atoms with van der Waals surface area (Å²) in [5.74, 6) is -1.57. The van der Waals surface area contributed by atoms with Crippen molar-refractivity contribution in [2.75, 3.05) is 4.90 Å². The molecule has 4 bridgehead atoms. The van der Waals surface area contributed by atoms with Crippen LogP contribution in [0.2, 0.25) is 0 Å². The molecule has 0 spiro atoms. The topological polar surface area (TPSA) is 49.7 Å². The molecule has 4 atom stereocenters. The van der Waals surface area contributed by atoms with Gasteiger partial charge in [-0.1, -0.05) is 83.9 Å². The molecule has 0 saturated carbocycles. The minimum Gasteiger partial charge on any atom is -0.274 e. The van der Waals surface area contributed by atoms with Gasteiger partial charge in [-0.05, 0) is 66.8 Å². The van der Waals surface area contributed by atoms with E-state index in [0.717, 1.165) is 44.6 Å². The summed E-state index contributed by atoms with van der Waals surface area (Å²) in [5.41, 5.74) is 8.04. The van der Waals surface area contributed by atoms with E-state index in [2.05, 4.69) is 43.3 Å². The zero-order chi connectivity index (χ0) is 26.2. The Hall–Kier alpha value is -4.31. The molecule has 5 aliphatic carbocycles. The molecule has 186 valence electrons. The van der Waals surface area contributed by atoms with Crippen LogP contribution in [-0.2, 0) is 15.0 Å². The molecule has 4 aromatic rings. The molecule has 10 rings (SSSR count). The molecule has 4 nitrogen and oxygen atoms in total. The number of rotatable bonds is 3. The number of hydrogen-bond donors (Lipinski definition) is 0. The SMILES string of the molecule is Cc1ccc(N=C[C@@]23c4ccc(cc4)[C@@H](c4ccccc42)[C@H]2C(=O)N(c4ccc(C)cc4C)C(=O)[C@@H]23)cc1. The minimum absolute atomic E-state index is 0.123. The molecule has 0 unspecified atom stereocenters. The van der Waals surface area contributed by atoms with E-state index in [4.69, 9.17) is 4.99 Å². The van der Waals surface area contributed by atoms with Crippen LogP contribution in [0.3, 0.4) is 0 Å². The predicted molar refractivity (Wildman–Crippen MR) is 150 cm³/mol. The fraction of sp³-hybridized carbons (Fsp3) is 0.206. The van der Waals surface area contributed by atoms with Gasteiger partial charge in [0, 0.05) is 12.1 Å². The molecular formula is C34H28N2O2. The molecular weight excluding hydrogens is 468 g/mol.